The van der Waals surface area contributed by atoms with E-state index in [2.05, 4.69) is 5.32 Å². The zero-order valence-electron chi connectivity index (χ0n) is 12.9. The lowest BCUT2D eigenvalue weighted by molar-refractivity contribution is 0.414. The van der Waals surface area contributed by atoms with E-state index in [-0.39, 0.29) is 5.56 Å². The number of benzene rings is 2. The summed E-state index contributed by atoms with van der Waals surface area (Å²) < 4.78 is 6.79. The monoisotopic (exact) mass is 306 g/mol. The number of nitrogens with zero attached hydrogens (tertiary/aromatic N) is 1. The Hall–Kier alpha value is -3.01. The number of methoxy groups -OCH3 is 1. The summed E-state index contributed by atoms with van der Waals surface area (Å²) >= 11 is 0. The molecular formula is C19H18N2O2. The molecule has 4 heteroatoms. The Labute approximate surface area is 135 Å². The SMILES string of the molecule is COc1ccc(-n2cc(CNc3ccccc3)ccc2=O)cc1. The maximum absolute atomic E-state index is 12.1. The van der Waals surface area contributed by atoms with Crippen LogP contribution in [0.2, 0.25) is 0 Å². The number of ether oxygens (including phenoxy) is 1. The molecule has 23 heavy (non-hydrogen) atoms. The molecule has 0 atom stereocenters. The molecular weight excluding hydrogens is 288 g/mol. The van der Waals surface area contributed by atoms with Gasteiger partial charge in [0.25, 0.3) is 5.56 Å². The van der Waals surface area contributed by atoms with Crippen LogP contribution in [0.15, 0.2) is 77.7 Å². The van der Waals surface area contributed by atoms with Crippen molar-refractivity contribution in [3.63, 3.8) is 0 Å². The minimum atomic E-state index is -0.0568. The Morgan fingerprint density at radius 1 is 0.957 bits per heavy atom. The number of pyridine rings is 1. The topological polar surface area (TPSA) is 43.3 Å². The maximum Gasteiger partial charge on any atom is 0.255 e. The van der Waals surface area contributed by atoms with Crippen molar-refractivity contribution in [2.45, 2.75) is 6.54 Å². The first-order valence-corrected chi connectivity index (χ1v) is 7.41. The van der Waals surface area contributed by atoms with Gasteiger partial charge in [0.15, 0.2) is 0 Å². The molecule has 0 aliphatic carbocycles. The molecule has 116 valence electrons. The molecule has 0 unspecified atom stereocenters. The third-order valence-electron chi connectivity index (χ3n) is 3.59. The fourth-order valence-corrected chi connectivity index (χ4v) is 2.34. The number of hydrogen-bond donors (Lipinski definition) is 1. The quantitative estimate of drug-likeness (QED) is 0.785. The third-order valence-corrected chi connectivity index (χ3v) is 3.59. The van der Waals surface area contributed by atoms with Gasteiger partial charge in [-0.15, -0.1) is 0 Å². The second-order valence-electron chi connectivity index (χ2n) is 5.16. The number of para-hydroxylation sites is 1. The van der Waals surface area contributed by atoms with Crippen molar-refractivity contribution in [3.05, 3.63) is 88.8 Å². The van der Waals surface area contributed by atoms with E-state index < -0.39 is 0 Å². The molecule has 3 rings (SSSR count). The maximum atomic E-state index is 12.1. The van der Waals surface area contributed by atoms with Crippen molar-refractivity contribution in [1.82, 2.24) is 4.57 Å². The first-order valence-electron chi connectivity index (χ1n) is 7.41. The Kier molecular flexibility index (Phi) is 4.43. The second-order valence-corrected chi connectivity index (χ2v) is 5.16. The summed E-state index contributed by atoms with van der Waals surface area (Å²) in [7, 11) is 1.62. The van der Waals surface area contributed by atoms with E-state index in [1.165, 1.54) is 0 Å². The summed E-state index contributed by atoms with van der Waals surface area (Å²) in [4.78, 5) is 12.1. The van der Waals surface area contributed by atoms with Crippen LogP contribution in [0.3, 0.4) is 0 Å². The van der Waals surface area contributed by atoms with Crippen LogP contribution in [-0.4, -0.2) is 11.7 Å². The van der Waals surface area contributed by atoms with Gasteiger partial charge in [0, 0.05) is 30.2 Å². The summed E-state index contributed by atoms with van der Waals surface area (Å²) in [6, 6.07) is 20.8. The first-order chi connectivity index (χ1) is 11.3. The zero-order valence-corrected chi connectivity index (χ0v) is 12.9. The number of rotatable bonds is 5. The van der Waals surface area contributed by atoms with E-state index in [1.807, 2.05) is 66.9 Å². The smallest absolute Gasteiger partial charge is 0.255 e. The molecule has 0 amide bonds. The van der Waals surface area contributed by atoms with Crippen LogP contribution in [0.4, 0.5) is 5.69 Å². The predicted octanol–water partition coefficient (Wildman–Crippen LogP) is 3.46. The third kappa shape index (κ3) is 3.61. The molecule has 0 aliphatic rings. The van der Waals surface area contributed by atoms with Gasteiger partial charge >= 0.3 is 0 Å². The summed E-state index contributed by atoms with van der Waals surface area (Å²) in [5, 5.41) is 3.34. The molecule has 0 spiro atoms. The molecule has 4 nitrogen and oxygen atoms in total. The van der Waals surface area contributed by atoms with Crippen LogP contribution < -0.4 is 15.6 Å². The van der Waals surface area contributed by atoms with Crippen molar-refractivity contribution in [3.8, 4) is 11.4 Å². The largest absolute Gasteiger partial charge is 0.497 e. The van der Waals surface area contributed by atoms with Gasteiger partial charge in [-0.1, -0.05) is 24.3 Å². The lowest BCUT2D eigenvalue weighted by Crippen LogP contribution is -2.17. The molecule has 0 radical (unpaired) electrons. The first kappa shape index (κ1) is 14.9. The van der Waals surface area contributed by atoms with Gasteiger partial charge in [0.2, 0.25) is 0 Å². The fraction of sp³-hybridized carbons (Fsp3) is 0.105. The second kappa shape index (κ2) is 6.83. The molecule has 0 saturated carbocycles. The standard InChI is InChI=1S/C19H18N2O2/c1-23-18-10-8-17(9-11-18)21-14-15(7-12-19(21)22)13-20-16-5-3-2-4-6-16/h2-12,14,20H,13H2,1H3. The van der Waals surface area contributed by atoms with Crippen molar-refractivity contribution in [1.29, 1.82) is 0 Å². The fourth-order valence-electron chi connectivity index (χ4n) is 2.34. The highest BCUT2D eigenvalue weighted by atomic mass is 16.5. The molecule has 1 aromatic heterocycles. The Morgan fingerprint density at radius 3 is 2.39 bits per heavy atom. The highest BCUT2D eigenvalue weighted by Crippen LogP contribution is 2.14. The summed E-state index contributed by atoms with van der Waals surface area (Å²) in [6.07, 6.45) is 1.86. The lowest BCUT2D eigenvalue weighted by Gasteiger charge is -2.10. The number of aromatic nitrogens is 1. The summed E-state index contributed by atoms with van der Waals surface area (Å²) in [5.41, 5.74) is 2.84. The van der Waals surface area contributed by atoms with Crippen molar-refractivity contribution < 1.29 is 4.74 Å². The van der Waals surface area contributed by atoms with Gasteiger partial charge in [-0.3, -0.25) is 9.36 Å². The van der Waals surface area contributed by atoms with Gasteiger partial charge in [-0.05, 0) is 42.0 Å². The molecule has 1 N–H and O–H groups in total. The predicted molar refractivity (Wildman–Crippen MR) is 92.4 cm³/mol. The van der Waals surface area contributed by atoms with E-state index in [0.29, 0.717) is 6.54 Å². The average molecular weight is 306 g/mol. The molecule has 0 saturated heterocycles. The van der Waals surface area contributed by atoms with E-state index in [4.69, 9.17) is 4.74 Å². The highest BCUT2D eigenvalue weighted by Gasteiger charge is 2.02. The Bertz CT molecular complexity index is 824. The Morgan fingerprint density at radius 2 is 1.70 bits per heavy atom. The van der Waals surface area contributed by atoms with Gasteiger partial charge in [0.05, 0.1) is 7.11 Å². The molecule has 0 aliphatic heterocycles. The van der Waals surface area contributed by atoms with Crippen LogP contribution in [0.1, 0.15) is 5.56 Å². The van der Waals surface area contributed by atoms with Crippen LogP contribution in [0.5, 0.6) is 5.75 Å². The minimum Gasteiger partial charge on any atom is -0.497 e. The van der Waals surface area contributed by atoms with E-state index >= 15 is 0 Å². The minimum absolute atomic E-state index is 0.0568. The summed E-state index contributed by atoms with van der Waals surface area (Å²) in [6.45, 7) is 0.653. The van der Waals surface area contributed by atoms with E-state index in [0.717, 1.165) is 22.7 Å². The number of nitrogens with one attached hydrogen (secondary N) is 1. The lowest BCUT2D eigenvalue weighted by atomic mass is 10.2. The number of anilines is 1. The van der Waals surface area contributed by atoms with Gasteiger partial charge in [-0.25, -0.2) is 0 Å². The van der Waals surface area contributed by atoms with Crippen molar-refractivity contribution >= 4 is 5.69 Å². The van der Waals surface area contributed by atoms with E-state index in [9.17, 15) is 4.79 Å². The van der Waals surface area contributed by atoms with Crippen LogP contribution in [0.25, 0.3) is 5.69 Å². The van der Waals surface area contributed by atoms with Crippen molar-refractivity contribution in [2.24, 2.45) is 0 Å². The average Bonchev–Trinajstić information content (AvgIpc) is 2.62. The summed E-state index contributed by atoms with van der Waals surface area (Å²) in [5.74, 6) is 0.767. The zero-order chi connectivity index (χ0) is 16.1. The molecule has 2 aromatic carbocycles. The highest BCUT2D eigenvalue weighted by molar-refractivity contribution is 5.43. The molecule has 3 aromatic rings. The van der Waals surface area contributed by atoms with Crippen molar-refractivity contribution in [2.75, 3.05) is 12.4 Å². The van der Waals surface area contributed by atoms with E-state index in [1.54, 1.807) is 17.7 Å². The van der Waals surface area contributed by atoms with Gasteiger partial charge in [0.1, 0.15) is 5.75 Å². The van der Waals surface area contributed by atoms with Crippen LogP contribution in [0, 0.1) is 0 Å². The normalized spacial score (nSPS) is 10.3. The van der Waals surface area contributed by atoms with Gasteiger partial charge < -0.3 is 10.1 Å². The molecule has 1 heterocycles. The van der Waals surface area contributed by atoms with Gasteiger partial charge in [-0.2, -0.15) is 0 Å². The number of hydrogen-bond acceptors (Lipinski definition) is 3. The molecule has 0 bridgehead atoms. The molecule has 0 fully saturated rings. The van der Waals surface area contributed by atoms with Crippen LogP contribution in [-0.2, 0) is 6.54 Å². The van der Waals surface area contributed by atoms with Crippen LogP contribution >= 0.6 is 0 Å². The Balaban J connectivity index is 1.82.